The van der Waals surface area contributed by atoms with Crippen molar-refractivity contribution in [2.24, 2.45) is 0 Å². The average Bonchev–Trinajstić information content (AvgIpc) is 2.35. The molecule has 3 heteroatoms. The quantitative estimate of drug-likeness (QED) is 0.568. The highest BCUT2D eigenvalue weighted by Gasteiger charge is 2.05. The van der Waals surface area contributed by atoms with E-state index in [1.165, 1.54) is 6.08 Å². The van der Waals surface area contributed by atoms with E-state index in [2.05, 4.69) is 0 Å². The molecule has 0 saturated carbocycles. The summed E-state index contributed by atoms with van der Waals surface area (Å²) in [6, 6.07) is 10.6. The van der Waals surface area contributed by atoms with Crippen molar-refractivity contribution >= 4 is 11.9 Å². The van der Waals surface area contributed by atoms with Gasteiger partial charge in [0.15, 0.2) is 5.78 Å². The highest BCUT2D eigenvalue weighted by molar-refractivity contribution is 6.02. The van der Waals surface area contributed by atoms with E-state index in [4.69, 9.17) is 10.5 Å². The summed E-state index contributed by atoms with van der Waals surface area (Å²) in [4.78, 5) is 11.3. The third-order valence-corrected chi connectivity index (χ3v) is 2.09. The second-order valence-electron chi connectivity index (χ2n) is 3.18. The van der Waals surface area contributed by atoms with Crippen LogP contribution in [-0.2, 0) is 4.79 Å². The van der Waals surface area contributed by atoms with Crippen LogP contribution in [-0.4, -0.2) is 5.78 Å². The number of hydrogen-bond acceptors (Lipinski definition) is 3. The molecule has 1 aromatic rings. The van der Waals surface area contributed by atoms with Gasteiger partial charge < -0.3 is 0 Å². The second-order valence-corrected chi connectivity index (χ2v) is 3.18. The minimum absolute atomic E-state index is 0.146. The third kappa shape index (κ3) is 2.80. The van der Waals surface area contributed by atoms with Crippen LogP contribution in [0.25, 0.3) is 6.08 Å². The molecule has 0 fully saturated rings. The summed E-state index contributed by atoms with van der Waals surface area (Å²) in [6.45, 7) is 1.71. The van der Waals surface area contributed by atoms with Gasteiger partial charge >= 0.3 is 0 Å². The Balaban J connectivity index is 3.02. The van der Waals surface area contributed by atoms with E-state index in [0.29, 0.717) is 12.0 Å². The largest absolute Gasteiger partial charge is 0.293 e. The summed E-state index contributed by atoms with van der Waals surface area (Å²) in [7, 11) is 0. The van der Waals surface area contributed by atoms with Gasteiger partial charge in [-0.2, -0.15) is 10.5 Å². The zero-order chi connectivity index (χ0) is 12.0. The first-order valence-electron chi connectivity index (χ1n) is 4.86. The standard InChI is InChI=1S/C13H10N2O/c1-2-13(16)12(9-15)7-10-3-5-11(8-14)6-4-10/h3-7H,2H2,1H3/b12-7-. The lowest BCUT2D eigenvalue weighted by Crippen LogP contribution is -1.97. The van der Waals surface area contributed by atoms with Crippen LogP contribution in [0.3, 0.4) is 0 Å². The third-order valence-electron chi connectivity index (χ3n) is 2.09. The Labute approximate surface area is 94.2 Å². The van der Waals surface area contributed by atoms with Crippen LogP contribution in [0.1, 0.15) is 24.5 Å². The molecule has 0 N–H and O–H groups in total. The Morgan fingerprint density at radius 3 is 2.38 bits per heavy atom. The van der Waals surface area contributed by atoms with E-state index in [-0.39, 0.29) is 11.4 Å². The minimum Gasteiger partial charge on any atom is -0.293 e. The number of carbonyl (C=O) groups is 1. The number of allylic oxidation sites excluding steroid dienone is 1. The lowest BCUT2D eigenvalue weighted by molar-refractivity contribution is -0.114. The van der Waals surface area contributed by atoms with E-state index in [0.717, 1.165) is 5.56 Å². The first-order valence-corrected chi connectivity index (χ1v) is 4.86. The fourth-order valence-electron chi connectivity index (χ4n) is 1.19. The van der Waals surface area contributed by atoms with Gasteiger partial charge in [0.25, 0.3) is 0 Å². The smallest absolute Gasteiger partial charge is 0.173 e. The number of hydrogen-bond donors (Lipinski definition) is 0. The summed E-state index contributed by atoms with van der Waals surface area (Å²) in [5.74, 6) is -0.174. The highest BCUT2D eigenvalue weighted by atomic mass is 16.1. The van der Waals surface area contributed by atoms with Crippen LogP contribution < -0.4 is 0 Å². The SMILES string of the molecule is CCC(=O)/C(C#N)=C\c1ccc(C#N)cc1. The van der Waals surface area contributed by atoms with Gasteiger partial charge in [-0.05, 0) is 23.8 Å². The van der Waals surface area contributed by atoms with Gasteiger partial charge in [-0.25, -0.2) is 0 Å². The van der Waals surface area contributed by atoms with Crippen molar-refractivity contribution in [1.29, 1.82) is 10.5 Å². The highest BCUT2D eigenvalue weighted by Crippen LogP contribution is 2.10. The van der Waals surface area contributed by atoms with Crippen molar-refractivity contribution in [3.05, 3.63) is 41.0 Å². The van der Waals surface area contributed by atoms with Crippen LogP contribution in [0.15, 0.2) is 29.8 Å². The predicted octanol–water partition coefficient (Wildman–Crippen LogP) is 2.44. The number of nitrogens with zero attached hydrogens (tertiary/aromatic N) is 2. The number of benzene rings is 1. The fraction of sp³-hybridized carbons (Fsp3) is 0.154. The van der Waals surface area contributed by atoms with Crippen LogP contribution in [0.2, 0.25) is 0 Å². The van der Waals surface area contributed by atoms with Gasteiger partial charge in [-0.15, -0.1) is 0 Å². The normalized spacial score (nSPS) is 10.3. The van der Waals surface area contributed by atoms with Crippen LogP contribution in [0.4, 0.5) is 0 Å². The monoisotopic (exact) mass is 210 g/mol. The molecule has 0 spiro atoms. The Bertz CT molecular complexity index is 498. The van der Waals surface area contributed by atoms with Crippen molar-refractivity contribution in [3.63, 3.8) is 0 Å². The van der Waals surface area contributed by atoms with Crippen LogP contribution in [0.5, 0.6) is 0 Å². The number of rotatable bonds is 3. The Kier molecular flexibility index (Phi) is 4.00. The minimum atomic E-state index is -0.174. The molecule has 0 aliphatic rings. The molecule has 0 radical (unpaired) electrons. The van der Waals surface area contributed by atoms with Gasteiger partial charge in [0.2, 0.25) is 0 Å². The molecule has 0 aliphatic carbocycles. The van der Waals surface area contributed by atoms with E-state index < -0.39 is 0 Å². The van der Waals surface area contributed by atoms with Gasteiger partial charge in [0.05, 0.1) is 17.2 Å². The predicted molar refractivity (Wildman–Crippen MR) is 60.0 cm³/mol. The number of nitriles is 2. The molecule has 0 saturated heterocycles. The van der Waals surface area contributed by atoms with E-state index in [9.17, 15) is 4.79 Å². The zero-order valence-corrected chi connectivity index (χ0v) is 8.90. The topological polar surface area (TPSA) is 64.7 Å². The molecule has 0 unspecified atom stereocenters. The van der Waals surface area contributed by atoms with E-state index >= 15 is 0 Å². The molecule has 0 amide bonds. The molecule has 78 valence electrons. The van der Waals surface area contributed by atoms with Crippen LogP contribution in [0, 0.1) is 22.7 Å². The van der Waals surface area contributed by atoms with Crippen LogP contribution >= 0.6 is 0 Å². The molecular formula is C13H10N2O. The number of Topliss-reactive ketones (excluding diaryl/α,β-unsaturated/α-hetero) is 1. The Morgan fingerprint density at radius 1 is 1.31 bits per heavy atom. The summed E-state index contributed by atoms with van der Waals surface area (Å²) in [6.07, 6.45) is 1.85. The van der Waals surface area contributed by atoms with Crippen molar-refractivity contribution in [2.45, 2.75) is 13.3 Å². The summed E-state index contributed by atoms with van der Waals surface area (Å²) < 4.78 is 0. The van der Waals surface area contributed by atoms with Crippen molar-refractivity contribution in [3.8, 4) is 12.1 Å². The lowest BCUT2D eigenvalue weighted by Gasteiger charge is -1.96. The maximum atomic E-state index is 11.3. The van der Waals surface area contributed by atoms with E-state index in [1.54, 1.807) is 31.2 Å². The van der Waals surface area contributed by atoms with E-state index in [1.807, 2.05) is 12.1 Å². The Hall–Kier alpha value is -2.39. The Morgan fingerprint density at radius 2 is 1.94 bits per heavy atom. The lowest BCUT2D eigenvalue weighted by atomic mass is 10.1. The molecule has 1 rings (SSSR count). The van der Waals surface area contributed by atoms with Crippen molar-refractivity contribution < 1.29 is 4.79 Å². The van der Waals surface area contributed by atoms with Gasteiger partial charge in [-0.3, -0.25) is 4.79 Å². The maximum absolute atomic E-state index is 11.3. The molecule has 0 aliphatic heterocycles. The molecule has 0 aromatic heterocycles. The molecule has 0 atom stereocenters. The summed E-state index contributed by atoms with van der Waals surface area (Å²) in [5, 5.41) is 17.4. The second kappa shape index (κ2) is 5.48. The first kappa shape index (κ1) is 11.7. The van der Waals surface area contributed by atoms with Crippen molar-refractivity contribution in [1.82, 2.24) is 0 Å². The average molecular weight is 210 g/mol. The maximum Gasteiger partial charge on any atom is 0.173 e. The molecule has 0 bridgehead atoms. The van der Waals surface area contributed by atoms with Gasteiger partial charge in [-0.1, -0.05) is 19.1 Å². The first-order chi connectivity index (χ1) is 7.71. The molecule has 0 heterocycles. The fourth-order valence-corrected chi connectivity index (χ4v) is 1.19. The van der Waals surface area contributed by atoms with Gasteiger partial charge in [0.1, 0.15) is 6.07 Å². The number of carbonyl (C=O) groups excluding carboxylic acids is 1. The zero-order valence-electron chi connectivity index (χ0n) is 8.90. The molecule has 1 aromatic carbocycles. The summed E-state index contributed by atoms with van der Waals surface area (Å²) >= 11 is 0. The molecule has 16 heavy (non-hydrogen) atoms. The molecular weight excluding hydrogens is 200 g/mol. The molecule has 3 nitrogen and oxygen atoms in total. The van der Waals surface area contributed by atoms with Gasteiger partial charge in [0, 0.05) is 6.42 Å². The number of ketones is 1. The summed E-state index contributed by atoms with van der Waals surface area (Å²) in [5.41, 5.74) is 1.45. The van der Waals surface area contributed by atoms with Crippen molar-refractivity contribution in [2.75, 3.05) is 0 Å².